The summed E-state index contributed by atoms with van der Waals surface area (Å²) in [5.41, 5.74) is 1.15. The largest absolute Gasteiger partial charge is 0.413 e. The number of aldehydes is 1. The molecule has 0 aromatic rings. The van der Waals surface area contributed by atoms with Gasteiger partial charge in [-0.05, 0) is 41.8 Å². The van der Waals surface area contributed by atoms with E-state index in [1.165, 1.54) is 0 Å². The first-order valence-electron chi connectivity index (χ1n) is 9.87. The topological polar surface area (TPSA) is 68.3 Å². The molecule has 156 valence electrons. The summed E-state index contributed by atoms with van der Waals surface area (Å²) >= 11 is 0. The summed E-state index contributed by atoms with van der Waals surface area (Å²) in [5.74, 6) is 0. The molecule has 0 aromatic heterocycles. The molecule has 2 rings (SSSR count). The van der Waals surface area contributed by atoms with Crippen LogP contribution in [0.5, 0.6) is 0 Å². The van der Waals surface area contributed by atoms with E-state index in [-0.39, 0.29) is 28.4 Å². The van der Waals surface area contributed by atoms with Crippen molar-refractivity contribution in [3.05, 3.63) is 11.1 Å². The summed E-state index contributed by atoms with van der Waals surface area (Å²) in [7, 11) is -4.08. The molecule has 1 N–H and O–H groups in total. The van der Waals surface area contributed by atoms with Gasteiger partial charge in [0.2, 0.25) is 0 Å². The normalized spacial score (nSPS) is 29.6. The van der Waals surface area contributed by atoms with Crippen LogP contribution in [0.1, 0.15) is 41.5 Å². The lowest BCUT2D eigenvalue weighted by molar-refractivity contribution is -0.106. The first kappa shape index (κ1) is 23.0. The number of hydrogen-bond donors (Lipinski definition) is 1. The second kappa shape index (κ2) is 7.18. The summed E-state index contributed by atoms with van der Waals surface area (Å²) in [6.07, 6.45) is -0.962. The fourth-order valence-corrected chi connectivity index (χ4v) is 5.00. The molecule has 27 heavy (non-hydrogen) atoms. The number of aliphatic hydroxyl groups excluding tert-OH is 1. The van der Waals surface area contributed by atoms with Gasteiger partial charge < -0.3 is 18.7 Å². The molecule has 0 unspecified atom stereocenters. The Morgan fingerprint density at radius 2 is 1.52 bits per heavy atom. The number of ether oxygens (including phenoxy) is 1. The molecular weight excluding hydrogens is 376 g/mol. The molecule has 0 aromatic carbocycles. The summed E-state index contributed by atoms with van der Waals surface area (Å²) in [4.78, 5) is 11.8. The fourth-order valence-electron chi connectivity index (χ4n) is 2.78. The smallest absolute Gasteiger partial charge is 0.193 e. The van der Waals surface area contributed by atoms with Crippen molar-refractivity contribution >= 4 is 22.9 Å². The molecule has 1 aliphatic heterocycles. The fraction of sp³-hybridized carbons (Fsp3) is 0.850. The maximum Gasteiger partial charge on any atom is 0.193 e. The van der Waals surface area contributed by atoms with Crippen molar-refractivity contribution in [2.45, 2.75) is 102 Å². The first-order valence-corrected chi connectivity index (χ1v) is 15.7. The monoisotopic (exact) mass is 414 g/mol. The quantitative estimate of drug-likeness (QED) is 0.404. The zero-order valence-corrected chi connectivity index (χ0v) is 20.7. The van der Waals surface area contributed by atoms with Crippen LogP contribution in [0, 0.1) is 0 Å². The molecule has 0 radical (unpaired) electrons. The Balaban J connectivity index is 2.34. The summed E-state index contributed by atoms with van der Waals surface area (Å²) in [6.45, 7) is 22.2. The maximum atomic E-state index is 11.8. The van der Waals surface area contributed by atoms with Gasteiger partial charge in [0.15, 0.2) is 16.6 Å². The van der Waals surface area contributed by atoms with Crippen LogP contribution in [0.25, 0.3) is 0 Å². The Bertz CT molecular complexity index is 613. The number of aliphatic hydroxyl groups is 1. The van der Waals surface area contributed by atoms with Gasteiger partial charge in [-0.1, -0.05) is 41.5 Å². The van der Waals surface area contributed by atoms with Crippen LogP contribution in [0.4, 0.5) is 0 Å². The molecule has 0 saturated carbocycles. The Morgan fingerprint density at radius 1 is 1.00 bits per heavy atom. The van der Waals surface area contributed by atoms with E-state index in [9.17, 15) is 9.90 Å². The lowest BCUT2D eigenvalue weighted by atomic mass is 9.88. The minimum atomic E-state index is -2.08. The van der Waals surface area contributed by atoms with Crippen molar-refractivity contribution in [1.82, 2.24) is 0 Å². The van der Waals surface area contributed by atoms with Gasteiger partial charge >= 0.3 is 0 Å². The van der Waals surface area contributed by atoms with Crippen LogP contribution in [0.15, 0.2) is 11.1 Å². The summed E-state index contributed by atoms with van der Waals surface area (Å²) in [6, 6.07) is 0. The minimum Gasteiger partial charge on any atom is -0.413 e. The number of fused-ring (bicyclic) bond motifs is 1. The number of carbonyl (C=O) groups excluding carboxylic acids is 1. The van der Waals surface area contributed by atoms with Gasteiger partial charge in [0.25, 0.3) is 0 Å². The molecule has 7 heteroatoms. The molecule has 2 aliphatic rings. The highest BCUT2D eigenvalue weighted by atomic mass is 28.4. The van der Waals surface area contributed by atoms with E-state index in [4.69, 9.17) is 13.6 Å². The van der Waals surface area contributed by atoms with Gasteiger partial charge in [0.05, 0.1) is 12.7 Å². The minimum absolute atomic E-state index is 0.0419. The lowest BCUT2D eigenvalue weighted by Gasteiger charge is -2.42. The molecule has 4 atom stereocenters. The summed E-state index contributed by atoms with van der Waals surface area (Å²) < 4.78 is 18.8. The number of epoxide rings is 1. The molecule has 0 spiro atoms. The Kier molecular flexibility index (Phi) is 6.11. The van der Waals surface area contributed by atoms with Crippen LogP contribution < -0.4 is 0 Å². The predicted octanol–water partition coefficient (Wildman–Crippen LogP) is 4.04. The molecule has 1 heterocycles. The van der Waals surface area contributed by atoms with Crippen LogP contribution in [-0.2, 0) is 18.4 Å². The highest BCUT2D eigenvalue weighted by Gasteiger charge is 2.58. The molecule has 1 fully saturated rings. The zero-order valence-electron chi connectivity index (χ0n) is 18.7. The average Bonchev–Trinajstić information content (AvgIpc) is 3.26. The Labute approximate surface area is 166 Å². The molecular formula is C20H38O5Si2. The van der Waals surface area contributed by atoms with Crippen molar-refractivity contribution < 1.29 is 23.5 Å². The summed E-state index contributed by atoms with van der Waals surface area (Å²) in [5, 5.41) is 10.6. The van der Waals surface area contributed by atoms with E-state index in [1.807, 2.05) is 0 Å². The Morgan fingerprint density at radius 3 is 1.96 bits per heavy atom. The van der Waals surface area contributed by atoms with Crippen LogP contribution in [-0.4, -0.2) is 59.1 Å². The van der Waals surface area contributed by atoms with Crippen LogP contribution in [0.3, 0.4) is 0 Å². The van der Waals surface area contributed by atoms with E-state index in [2.05, 4.69) is 67.7 Å². The SMILES string of the molecule is CC(C)(C)[Si](C)(C)OCC1=C(C=O)[C@H](O)[C@H]2O[C@H]2[C@@H]1O[Si](C)(C)C(C)(C)C. The van der Waals surface area contributed by atoms with Gasteiger partial charge in [0.1, 0.15) is 24.6 Å². The van der Waals surface area contributed by atoms with Crippen molar-refractivity contribution in [2.24, 2.45) is 0 Å². The van der Waals surface area contributed by atoms with E-state index in [0.717, 1.165) is 11.9 Å². The highest BCUT2D eigenvalue weighted by Crippen LogP contribution is 2.46. The van der Waals surface area contributed by atoms with E-state index in [1.54, 1.807) is 0 Å². The maximum absolute atomic E-state index is 11.8. The second-order valence-corrected chi connectivity index (χ2v) is 20.5. The van der Waals surface area contributed by atoms with Gasteiger partial charge in [-0.25, -0.2) is 0 Å². The molecule has 5 nitrogen and oxygen atoms in total. The highest BCUT2D eigenvalue weighted by molar-refractivity contribution is 6.74. The van der Waals surface area contributed by atoms with E-state index >= 15 is 0 Å². The van der Waals surface area contributed by atoms with Crippen molar-refractivity contribution in [2.75, 3.05) is 6.61 Å². The molecule has 1 aliphatic carbocycles. The average molecular weight is 415 g/mol. The number of rotatable bonds is 6. The van der Waals surface area contributed by atoms with Crippen molar-refractivity contribution in [3.63, 3.8) is 0 Å². The predicted molar refractivity (Wildman–Crippen MR) is 113 cm³/mol. The number of hydrogen-bond acceptors (Lipinski definition) is 5. The Hall–Kier alpha value is -0.316. The molecule has 0 amide bonds. The van der Waals surface area contributed by atoms with E-state index in [0.29, 0.717) is 12.2 Å². The zero-order chi connectivity index (χ0) is 21.0. The molecule has 0 bridgehead atoms. The third-order valence-electron chi connectivity index (χ3n) is 6.95. The first-order chi connectivity index (χ1) is 12.0. The van der Waals surface area contributed by atoms with Crippen LogP contribution in [0.2, 0.25) is 36.3 Å². The number of carbonyl (C=O) groups is 1. The van der Waals surface area contributed by atoms with Crippen molar-refractivity contribution in [3.8, 4) is 0 Å². The molecule has 1 saturated heterocycles. The van der Waals surface area contributed by atoms with E-state index < -0.39 is 22.7 Å². The van der Waals surface area contributed by atoms with Crippen LogP contribution >= 0.6 is 0 Å². The van der Waals surface area contributed by atoms with Gasteiger partial charge in [-0.15, -0.1) is 0 Å². The van der Waals surface area contributed by atoms with Gasteiger partial charge in [-0.3, -0.25) is 4.79 Å². The second-order valence-electron chi connectivity index (χ2n) is 11.0. The van der Waals surface area contributed by atoms with Gasteiger partial charge in [0, 0.05) is 5.57 Å². The lowest BCUT2D eigenvalue weighted by Crippen LogP contribution is -2.50. The third-order valence-corrected chi connectivity index (χ3v) is 15.9. The third kappa shape index (κ3) is 4.48. The standard InChI is InChI=1S/C20H38O5Si2/c1-19(2,3)26(7,8)23-12-14-13(11-21)15(22)17-18(24-17)16(14)25-27(9,10)20(4,5)6/h11,15-18,22H,12H2,1-10H3/t15-,16+,17+,18-/m0/s1. The van der Waals surface area contributed by atoms with Gasteiger partial charge in [-0.2, -0.15) is 0 Å². The van der Waals surface area contributed by atoms with Crippen molar-refractivity contribution in [1.29, 1.82) is 0 Å².